The first kappa shape index (κ1) is 27.9. The van der Waals surface area contributed by atoms with E-state index in [0.717, 1.165) is 31.2 Å². The smallest absolute Gasteiger partial charge is 0.407 e. The van der Waals surface area contributed by atoms with E-state index in [0.29, 0.717) is 35.3 Å². The lowest BCUT2D eigenvalue weighted by Crippen LogP contribution is -2.47. The summed E-state index contributed by atoms with van der Waals surface area (Å²) in [6.45, 7) is 2.02. The zero-order chi connectivity index (χ0) is 28.3. The van der Waals surface area contributed by atoms with Crippen LogP contribution in [-0.2, 0) is 29.1 Å². The van der Waals surface area contributed by atoms with E-state index in [-0.39, 0.29) is 25.4 Å². The number of imidazole rings is 1. The fourth-order valence-corrected chi connectivity index (χ4v) is 5.51. The number of halogens is 3. The molecule has 12 heteroatoms. The summed E-state index contributed by atoms with van der Waals surface area (Å²) in [5, 5.41) is 9.79. The van der Waals surface area contributed by atoms with Crippen LogP contribution in [0, 0.1) is 17.8 Å². The van der Waals surface area contributed by atoms with E-state index in [9.17, 15) is 22.8 Å². The van der Waals surface area contributed by atoms with E-state index in [1.54, 1.807) is 6.20 Å². The average Bonchev–Trinajstić information content (AvgIpc) is 3.34. The summed E-state index contributed by atoms with van der Waals surface area (Å²) in [5.41, 5.74) is 2.58. The van der Waals surface area contributed by atoms with E-state index in [4.69, 9.17) is 9.72 Å². The molecule has 1 saturated carbocycles. The Labute approximate surface area is 229 Å². The Bertz CT molecular complexity index is 1340. The maximum absolute atomic E-state index is 13.4. The minimum atomic E-state index is -4.38. The molecule has 3 aromatic rings. The highest BCUT2D eigenvalue weighted by Crippen LogP contribution is 2.38. The Morgan fingerprint density at radius 3 is 2.62 bits per heavy atom. The number of benzene rings is 1. The van der Waals surface area contributed by atoms with E-state index in [2.05, 4.69) is 27.6 Å². The second-order valence-electron chi connectivity index (χ2n) is 10.9. The average molecular weight is 559 g/mol. The largest absolute Gasteiger partial charge is 0.443 e. The lowest BCUT2D eigenvalue weighted by molar-refractivity contribution is -0.183. The van der Waals surface area contributed by atoms with Crippen molar-refractivity contribution in [1.82, 2.24) is 30.2 Å². The number of carbonyl (C=O) groups excluding carboxylic acids is 2. The molecule has 2 atom stereocenters. The van der Waals surface area contributed by atoms with Gasteiger partial charge in [-0.2, -0.15) is 18.3 Å². The first-order valence-electron chi connectivity index (χ1n) is 13.7. The monoisotopic (exact) mass is 558 g/mol. The second kappa shape index (κ2) is 11.8. The Kier molecular flexibility index (Phi) is 8.22. The molecule has 1 aromatic carbocycles. The number of carbonyl (C=O) groups is 2. The molecule has 2 N–H and O–H groups in total. The van der Waals surface area contributed by atoms with Gasteiger partial charge in [0.1, 0.15) is 12.3 Å². The van der Waals surface area contributed by atoms with Gasteiger partial charge in [0.2, 0.25) is 5.91 Å². The fourth-order valence-electron chi connectivity index (χ4n) is 5.51. The SMILES string of the molecule is CC1CCC(c2nc3nc(COC(=O)NCc4ccccc4)cn3nc2C[C@H]2C[C@@H](C(F)(F)F)CNC2=O)CC1. The van der Waals surface area contributed by atoms with Crippen LogP contribution in [0.4, 0.5) is 18.0 Å². The van der Waals surface area contributed by atoms with Crippen molar-refractivity contribution in [3.05, 3.63) is 59.2 Å². The number of aromatic nitrogens is 4. The molecule has 1 aliphatic heterocycles. The first-order chi connectivity index (χ1) is 19.2. The van der Waals surface area contributed by atoms with Crippen LogP contribution in [0.2, 0.25) is 0 Å². The van der Waals surface area contributed by atoms with Crippen molar-refractivity contribution in [2.24, 2.45) is 17.8 Å². The Morgan fingerprint density at radius 2 is 1.90 bits per heavy atom. The van der Waals surface area contributed by atoms with Gasteiger partial charge in [-0.3, -0.25) is 4.79 Å². The molecule has 2 aromatic heterocycles. The van der Waals surface area contributed by atoms with Gasteiger partial charge in [0.05, 0.1) is 23.5 Å². The van der Waals surface area contributed by atoms with Crippen molar-refractivity contribution in [3.63, 3.8) is 0 Å². The Balaban J connectivity index is 1.33. The second-order valence-corrected chi connectivity index (χ2v) is 10.9. The molecule has 0 spiro atoms. The summed E-state index contributed by atoms with van der Waals surface area (Å²) in [5.74, 6) is -1.83. The van der Waals surface area contributed by atoms with Crippen LogP contribution >= 0.6 is 0 Å². The van der Waals surface area contributed by atoms with E-state index in [1.165, 1.54) is 4.52 Å². The molecule has 0 radical (unpaired) electrons. The fraction of sp³-hybridized carbons (Fsp3) is 0.536. The number of rotatable bonds is 7. The molecule has 1 aliphatic carbocycles. The summed E-state index contributed by atoms with van der Waals surface area (Å²) >= 11 is 0. The van der Waals surface area contributed by atoms with Crippen molar-refractivity contribution in [3.8, 4) is 0 Å². The zero-order valence-corrected chi connectivity index (χ0v) is 22.3. The van der Waals surface area contributed by atoms with Gasteiger partial charge in [-0.1, -0.05) is 50.1 Å². The molecular formula is C28H33F3N6O3. The number of alkyl halides is 3. The third kappa shape index (κ3) is 6.71. The molecule has 0 bridgehead atoms. The number of piperidine rings is 1. The summed E-state index contributed by atoms with van der Waals surface area (Å²) in [4.78, 5) is 34.0. The Hall–Kier alpha value is -3.70. The number of alkyl carbamates (subject to hydrolysis) is 1. The van der Waals surface area contributed by atoms with Gasteiger partial charge in [-0.15, -0.1) is 0 Å². The number of hydrogen-bond donors (Lipinski definition) is 2. The van der Waals surface area contributed by atoms with Crippen LogP contribution in [0.5, 0.6) is 0 Å². The van der Waals surface area contributed by atoms with Gasteiger partial charge >= 0.3 is 12.3 Å². The third-order valence-electron chi connectivity index (χ3n) is 7.86. The lowest BCUT2D eigenvalue weighted by Gasteiger charge is -2.31. The number of amides is 2. The molecule has 214 valence electrons. The van der Waals surface area contributed by atoms with E-state index in [1.807, 2.05) is 30.3 Å². The highest BCUT2D eigenvalue weighted by Gasteiger charge is 2.45. The zero-order valence-electron chi connectivity index (χ0n) is 22.3. The number of hydrogen-bond acceptors (Lipinski definition) is 6. The van der Waals surface area contributed by atoms with Gasteiger partial charge in [0.25, 0.3) is 5.78 Å². The van der Waals surface area contributed by atoms with Crippen LogP contribution in [0.1, 0.15) is 67.6 Å². The number of ether oxygens (including phenoxy) is 1. The summed E-state index contributed by atoms with van der Waals surface area (Å²) in [6, 6.07) is 9.43. The molecule has 2 amide bonds. The topological polar surface area (TPSA) is 111 Å². The highest BCUT2D eigenvalue weighted by molar-refractivity contribution is 5.79. The lowest BCUT2D eigenvalue weighted by atomic mass is 9.79. The highest BCUT2D eigenvalue weighted by atomic mass is 19.4. The van der Waals surface area contributed by atoms with Gasteiger partial charge in [-0.05, 0) is 30.7 Å². The van der Waals surface area contributed by atoms with Crippen LogP contribution in [0.3, 0.4) is 0 Å². The standard InChI is InChI=1S/C28H33F3N6O3/c1-17-7-9-19(10-8-17)24-23(12-20-11-21(28(29,30)31)14-32-25(20)38)36-37-15-22(34-26(37)35-24)16-40-27(39)33-13-18-5-3-2-4-6-18/h2-6,15,17,19-21H,7-14,16H2,1H3,(H,32,38)(H,33,39)/t17?,19?,20-,21-/m1/s1. The summed E-state index contributed by atoms with van der Waals surface area (Å²) in [7, 11) is 0. The van der Waals surface area contributed by atoms with Crippen molar-refractivity contribution in [2.75, 3.05) is 6.54 Å². The van der Waals surface area contributed by atoms with Crippen molar-refractivity contribution in [2.45, 2.75) is 70.7 Å². The molecule has 1 saturated heterocycles. The van der Waals surface area contributed by atoms with Crippen molar-refractivity contribution < 1.29 is 27.5 Å². The van der Waals surface area contributed by atoms with Crippen LogP contribution < -0.4 is 10.6 Å². The number of fused-ring (bicyclic) bond motifs is 1. The molecule has 3 heterocycles. The molecular weight excluding hydrogens is 525 g/mol. The molecule has 9 nitrogen and oxygen atoms in total. The maximum Gasteiger partial charge on any atom is 0.407 e. The number of nitrogens with zero attached hydrogens (tertiary/aromatic N) is 4. The molecule has 0 unspecified atom stereocenters. The molecule has 40 heavy (non-hydrogen) atoms. The van der Waals surface area contributed by atoms with Crippen molar-refractivity contribution >= 4 is 17.8 Å². The minimum absolute atomic E-state index is 0.0641. The van der Waals surface area contributed by atoms with Crippen LogP contribution in [0.15, 0.2) is 36.5 Å². The maximum atomic E-state index is 13.4. The Morgan fingerprint density at radius 1 is 1.15 bits per heavy atom. The van der Waals surface area contributed by atoms with Gasteiger partial charge < -0.3 is 15.4 Å². The van der Waals surface area contributed by atoms with Crippen LogP contribution in [-0.4, -0.2) is 44.3 Å². The molecule has 5 rings (SSSR count). The third-order valence-corrected chi connectivity index (χ3v) is 7.86. The van der Waals surface area contributed by atoms with Crippen LogP contribution in [0.25, 0.3) is 5.78 Å². The van der Waals surface area contributed by atoms with E-state index >= 15 is 0 Å². The van der Waals surface area contributed by atoms with Gasteiger partial charge in [-0.25, -0.2) is 19.3 Å². The summed E-state index contributed by atoms with van der Waals surface area (Å²) < 4.78 is 47.0. The summed E-state index contributed by atoms with van der Waals surface area (Å²) in [6.07, 6.45) is 0.205. The molecule has 2 fully saturated rings. The predicted molar refractivity (Wildman–Crippen MR) is 139 cm³/mol. The minimum Gasteiger partial charge on any atom is -0.443 e. The number of nitrogens with one attached hydrogen (secondary N) is 2. The van der Waals surface area contributed by atoms with Gasteiger partial charge in [0.15, 0.2) is 0 Å². The molecule has 2 aliphatic rings. The first-order valence-corrected chi connectivity index (χ1v) is 13.7. The van der Waals surface area contributed by atoms with Crippen molar-refractivity contribution in [1.29, 1.82) is 0 Å². The normalized spacial score (nSPS) is 23.6. The van der Waals surface area contributed by atoms with Gasteiger partial charge in [0, 0.05) is 31.3 Å². The quantitative estimate of drug-likeness (QED) is 0.435. The predicted octanol–water partition coefficient (Wildman–Crippen LogP) is 4.70. The van der Waals surface area contributed by atoms with E-state index < -0.39 is 36.6 Å².